The fourth-order valence-corrected chi connectivity index (χ4v) is 7.55. The highest BCUT2D eigenvalue weighted by Crippen LogP contribution is 2.52. The summed E-state index contributed by atoms with van der Waals surface area (Å²) in [6, 6.07) is 56.8. The lowest BCUT2D eigenvalue weighted by atomic mass is 9.82. The van der Waals surface area contributed by atoms with Gasteiger partial charge in [0, 0.05) is 38.6 Å². The summed E-state index contributed by atoms with van der Waals surface area (Å²) in [6.07, 6.45) is 0. The molecule has 46 heavy (non-hydrogen) atoms. The average molecular weight is 589 g/mol. The van der Waals surface area contributed by atoms with Crippen LogP contribution in [0.15, 0.2) is 158 Å². The van der Waals surface area contributed by atoms with Crippen LogP contribution >= 0.6 is 0 Å². The van der Waals surface area contributed by atoms with Gasteiger partial charge < -0.3 is 4.57 Å². The van der Waals surface area contributed by atoms with Crippen LogP contribution in [0.5, 0.6) is 0 Å². The van der Waals surface area contributed by atoms with Gasteiger partial charge in [-0.3, -0.25) is 0 Å². The molecule has 218 valence electrons. The van der Waals surface area contributed by atoms with Crippen LogP contribution in [-0.4, -0.2) is 9.55 Å². The van der Waals surface area contributed by atoms with Crippen LogP contribution in [-0.2, 0) is 5.41 Å². The van der Waals surface area contributed by atoms with E-state index >= 15 is 0 Å². The smallest absolute Gasteiger partial charge is 0.0716 e. The van der Waals surface area contributed by atoms with Gasteiger partial charge in [-0.25, -0.2) is 4.98 Å². The van der Waals surface area contributed by atoms with Gasteiger partial charge in [0.05, 0.1) is 22.4 Å². The van der Waals surface area contributed by atoms with Crippen molar-refractivity contribution >= 4 is 21.8 Å². The Morgan fingerprint density at radius 1 is 0.478 bits per heavy atom. The number of pyridine rings is 1. The van der Waals surface area contributed by atoms with Crippen molar-refractivity contribution in [1.82, 2.24) is 9.55 Å². The summed E-state index contributed by atoms with van der Waals surface area (Å²) >= 11 is 0. The normalized spacial score (nSPS) is 13.2. The molecule has 9 rings (SSSR count). The van der Waals surface area contributed by atoms with Crippen molar-refractivity contribution in [3.05, 3.63) is 169 Å². The summed E-state index contributed by atoms with van der Waals surface area (Å²) in [5.74, 6) is 0. The SMILES string of the molecule is CC1(C)c2ccccc2-c2c1ccc1c3ccccc3n(-c3cccc(-c4cc(-c5ccccc5)cc(-c5ccccc5)n4)c3)c21. The molecule has 0 amide bonds. The third-order valence-electron chi connectivity index (χ3n) is 9.78. The zero-order chi connectivity index (χ0) is 30.8. The van der Waals surface area contributed by atoms with E-state index in [9.17, 15) is 0 Å². The highest BCUT2D eigenvalue weighted by molar-refractivity contribution is 6.15. The van der Waals surface area contributed by atoms with Crippen molar-refractivity contribution in [2.24, 2.45) is 0 Å². The van der Waals surface area contributed by atoms with E-state index in [0.29, 0.717) is 0 Å². The molecular weight excluding hydrogens is 556 g/mol. The molecule has 0 unspecified atom stereocenters. The van der Waals surface area contributed by atoms with Crippen molar-refractivity contribution < 1.29 is 0 Å². The van der Waals surface area contributed by atoms with E-state index in [1.807, 2.05) is 0 Å². The molecule has 0 fully saturated rings. The fraction of sp³-hybridized carbons (Fsp3) is 0.0682. The largest absolute Gasteiger partial charge is 0.309 e. The van der Waals surface area contributed by atoms with Crippen LogP contribution in [0.3, 0.4) is 0 Å². The molecule has 0 aliphatic heterocycles. The second-order valence-corrected chi connectivity index (χ2v) is 12.8. The van der Waals surface area contributed by atoms with Crippen LogP contribution in [0.1, 0.15) is 25.0 Å². The summed E-state index contributed by atoms with van der Waals surface area (Å²) in [7, 11) is 0. The first-order valence-corrected chi connectivity index (χ1v) is 16.0. The van der Waals surface area contributed by atoms with Gasteiger partial charge >= 0.3 is 0 Å². The number of hydrogen-bond donors (Lipinski definition) is 0. The fourth-order valence-electron chi connectivity index (χ4n) is 7.55. The minimum absolute atomic E-state index is 0.0705. The minimum atomic E-state index is -0.0705. The molecule has 0 radical (unpaired) electrons. The highest BCUT2D eigenvalue weighted by Gasteiger charge is 2.37. The van der Waals surface area contributed by atoms with Crippen LogP contribution in [0.4, 0.5) is 0 Å². The molecule has 0 spiro atoms. The molecule has 1 aliphatic carbocycles. The zero-order valence-electron chi connectivity index (χ0n) is 25.9. The maximum absolute atomic E-state index is 5.24. The summed E-state index contributed by atoms with van der Waals surface area (Å²) < 4.78 is 2.48. The van der Waals surface area contributed by atoms with E-state index in [1.54, 1.807) is 0 Å². The molecule has 0 N–H and O–H groups in total. The molecule has 0 saturated carbocycles. The van der Waals surface area contributed by atoms with E-state index in [-0.39, 0.29) is 5.41 Å². The van der Waals surface area contributed by atoms with Crippen molar-refractivity contribution in [2.45, 2.75) is 19.3 Å². The molecule has 2 nitrogen and oxygen atoms in total. The third-order valence-corrected chi connectivity index (χ3v) is 9.78. The number of fused-ring (bicyclic) bond motifs is 7. The highest BCUT2D eigenvalue weighted by atomic mass is 15.0. The van der Waals surface area contributed by atoms with Crippen molar-refractivity contribution in [1.29, 1.82) is 0 Å². The lowest BCUT2D eigenvalue weighted by Gasteiger charge is -2.21. The second-order valence-electron chi connectivity index (χ2n) is 12.8. The Hall–Kier alpha value is -5.73. The number of aromatic nitrogens is 2. The van der Waals surface area contributed by atoms with Gasteiger partial charge in [0.1, 0.15) is 0 Å². The molecule has 2 heterocycles. The summed E-state index contributed by atoms with van der Waals surface area (Å²) in [4.78, 5) is 5.24. The second kappa shape index (κ2) is 10.2. The van der Waals surface area contributed by atoms with Gasteiger partial charge in [-0.1, -0.05) is 141 Å². The van der Waals surface area contributed by atoms with Crippen LogP contribution in [0.25, 0.3) is 72.3 Å². The number of para-hydroxylation sites is 1. The van der Waals surface area contributed by atoms with E-state index < -0.39 is 0 Å². The molecule has 2 aromatic heterocycles. The van der Waals surface area contributed by atoms with Crippen molar-refractivity contribution in [3.8, 4) is 50.5 Å². The summed E-state index contributed by atoms with van der Waals surface area (Å²) in [6.45, 7) is 4.71. The van der Waals surface area contributed by atoms with Crippen LogP contribution < -0.4 is 0 Å². The first kappa shape index (κ1) is 26.7. The maximum Gasteiger partial charge on any atom is 0.0716 e. The lowest BCUT2D eigenvalue weighted by Crippen LogP contribution is -2.14. The molecular formula is C44H32N2. The Labute approximate surface area is 269 Å². The zero-order valence-corrected chi connectivity index (χ0v) is 25.9. The van der Waals surface area contributed by atoms with Gasteiger partial charge in [0.25, 0.3) is 0 Å². The molecule has 8 aromatic rings. The molecule has 1 aliphatic rings. The number of rotatable bonds is 4. The predicted molar refractivity (Wildman–Crippen MR) is 192 cm³/mol. The number of hydrogen-bond acceptors (Lipinski definition) is 1. The number of benzene rings is 6. The van der Waals surface area contributed by atoms with Gasteiger partial charge in [-0.15, -0.1) is 0 Å². The van der Waals surface area contributed by atoms with Crippen LogP contribution in [0.2, 0.25) is 0 Å². The first-order chi connectivity index (χ1) is 22.6. The maximum atomic E-state index is 5.24. The van der Waals surface area contributed by atoms with E-state index in [0.717, 1.165) is 33.8 Å². The number of nitrogens with zero attached hydrogens (tertiary/aromatic N) is 2. The Kier molecular flexibility index (Phi) is 5.88. The molecule has 0 bridgehead atoms. The average Bonchev–Trinajstić information content (AvgIpc) is 3.58. The van der Waals surface area contributed by atoms with E-state index in [2.05, 4.69) is 176 Å². The Morgan fingerprint density at radius 2 is 1.13 bits per heavy atom. The molecule has 0 saturated heterocycles. The Balaban J connectivity index is 1.30. The Morgan fingerprint density at radius 3 is 1.93 bits per heavy atom. The molecule has 0 atom stereocenters. The van der Waals surface area contributed by atoms with Crippen LogP contribution in [0, 0.1) is 0 Å². The lowest BCUT2D eigenvalue weighted by molar-refractivity contribution is 0.661. The van der Waals surface area contributed by atoms with E-state index in [1.165, 1.54) is 49.6 Å². The van der Waals surface area contributed by atoms with Crippen molar-refractivity contribution in [3.63, 3.8) is 0 Å². The Bertz CT molecular complexity index is 2370. The van der Waals surface area contributed by atoms with E-state index in [4.69, 9.17) is 4.98 Å². The van der Waals surface area contributed by atoms with Gasteiger partial charge in [-0.05, 0) is 58.1 Å². The minimum Gasteiger partial charge on any atom is -0.309 e. The molecule has 2 heteroatoms. The van der Waals surface area contributed by atoms with Gasteiger partial charge in [0.2, 0.25) is 0 Å². The third kappa shape index (κ3) is 4.00. The standard InChI is InChI=1S/C44H32N2/c1-44(2)37-22-11-9-21-36(37)42-38(44)25-24-35-34-20-10-12-23-41(34)46(43(35)42)33-19-13-18-31(26-33)40-28-32(29-14-5-3-6-15-29)27-39(45-40)30-16-7-4-8-17-30/h3-28H,1-2H3. The van der Waals surface area contributed by atoms with Crippen molar-refractivity contribution in [2.75, 3.05) is 0 Å². The predicted octanol–water partition coefficient (Wildman–Crippen LogP) is 11.5. The van der Waals surface area contributed by atoms with Gasteiger partial charge in [0.15, 0.2) is 0 Å². The summed E-state index contributed by atoms with van der Waals surface area (Å²) in [5.41, 5.74) is 15.4. The van der Waals surface area contributed by atoms with Gasteiger partial charge in [-0.2, -0.15) is 0 Å². The summed E-state index contributed by atoms with van der Waals surface area (Å²) in [5, 5.41) is 2.55. The first-order valence-electron chi connectivity index (χ1n) is 16.0. The molecule has 6 aromatic carbocycles. The monoisotopic (exact) mass is 588 g/mol. The quantitative estimate of drug-likeness (QED) is 0.200. The topological polar surface area (TPSA) is 17.8 Å².